The fraction of sp³-hybridized carbons (Fsp3) is 0. The molecule has 0 spiro atoms. The second kappa shape index (κ2) is 4.83. The van der Waals surface area contributed by atoms with Gasteiger partial charge in [-0.15, -0.1) is 5.11 Å². The van der Waals surface area contributed by atoms with Gasteiger partial charge < -0.3 is 0 Å². The first-order valence-electron chi connectivity index (χ1n) is 6.73. The molecule has 0 atom stereocenters. The molecule has 100 valence electrons. The van der Waals surface area contributed by atoms with Crippen LogP contribution in [0.2, 0.25) is 0 Å². The predicted octanol–water partition coefficient (Wildman–Crippen LogP) is 4.74. The fourth-order valence-corrected chi connectivity index (χ4v) is 2.36. The van der Waals surface area contributed by atoms with Gasteiger partial charge in [-0.3, -0.25) is 0 Å². The molecule has 4 nitrogen and oxygen atoms in total. The average molecular weight is 272 g/mol. The van der Waals surface area contributed by atoms with Crippen molar-refractivity contribution in [3.05, 3.63) is 73.1 Å². The topological polar surface area (TPSA) is 42.5 Å². The summed E-state index contributed by atoms with van der Waals surface area (Å²) >= 11 is 0. The second-order valence-corrected chi connectivity index (χ2v) is 4.80. The molecule has 21 heavy (non-hydrogen) atoms. The summed E-state index contributed by atoms with van der Waals surface area (Å²) in [5.74, 6) is 0. The lowest BCUT2D eigenvalue weighted by atomic mass is 10.1. The second-order valence-electron chi connectivity index (χ2n) is 4.80. The average Bonchev–Trinajstić information content (AvgIpc) is 2.96. The van der Waals surface area contributed by atoms with Gasteiger partial charge in [-0.2, -0.15) is 0 Å². The summed E-state index contributed by atoms with van der Waals surface area (Å²) in [6.45, 7) is 0. The summed E-state index contributed by atoms with van der Waals surface area (Å²) in [4.78, 5) is 4.29. The SMILES string of the molecule is c1ccc2cc(N=Nn3cnc4ccccc43)ccc2c1. The van der Waals surface area contributed by atoms with Gasteiger partial charge in [0.1, 0.15) is 6.33 Å². The summed E-state index contributed by atoms with van der Waals surface area (Å²) in [7, 11) is 0. The zero-order valence-corrected chi connectivity index (χ0v) is 11.2. The van der Waals surface area contributed by atoms with Crippen molar-refractivity contribution >= 4 is 27.5 Å². The Morgan fingerprint density at radius 3 is 2.57 bits per heavy atom. The van der Waals surface area contributed by atoms with E-state index in [0.29, 0.717) is 0 Å². The molecule has 1 aromatic heterocycles. The first kappa shape index (κ1) is 11.8. The van der Waals surface area contributed by atoms with Crippen LogP contribution in [0, 0.1) is 0 Å². The highest BCUT2D eigenvalue weighted by Crippen LogP contribution is 2.21. The standard InChI is InChI=1S/C17H12N4/c1-2-6-14-11-15(10-9-13(14)5-1)19-20-21-12-18-16-7-3-4-8-17(16)21/h1-12H. The van der Waals surface area contributed by atoms with Crippen molar-refractivity contribution in [1.82, 2.24) is 9.66 Å². The minimum atomic E-state index is 0.825. The Morgan fingerprint density at radius 1 is 0.810 bits per heavy atom. The third-order valence-electron chi connectivity index (χ3n) is 3.42. The number of fused-ring (bicyclic) bond motifs is 2. The lowest BCUT2D eigenvalue weighted by Gasteiger charge is -1.98. The molecule has 0 amide bonds. The number of nitrogens with zero attached hydrogens (tertiary/aromatic N) is 4. The van der Waals surface area contributed by atoms with E-state index in [1.165, 1.54) is 5.39 Å². The lowest BCUT2D eigenvalue weighted by molar-refractivity contribution is 0.829. The Labute approximate surface area is 121 Å². The quantitative estimate of drug-likeness (QED) is 0.486. The monoisotopic (exact) mass is 272 g/mol. The summed E-state index contributed by atoms with van der Waals surface area (Å²) in [5.41, 5.74) is 2.68. The van der Waals surface area contributed by atoms with Crippen LogP contribution in [-0.2, 0) is 0 Å². The largest absolute Gasteiger partial charge is 0.235 e. The molecule has 4 heteroatoms. The van der Waals surface area contributed by atoms with E-state index in [1.807, 2.05) is 48.5 Å². The minimum absolute atomic E-state index is 0.825. The van der Waals surface area contributed by atoms with Crippen molar-refractivity contribution < 1.29 is 0 Å². The van der Waals surface area contributed by atoms with E-state index in [9.17, 15) is 0 Å². The van der Waals surface area contributed by atoms with E-state index in [0.717, 1.165) is 22.1 Å². The molecular weight excluding hydrogens is 260 g/mol. The van der Waals surface area contributed by atoms with E-state index >= 15 is 0 Å². The molecule has 0 saturated heterocycles. The Bertz CT molecular complexity index is 953. The van der Waals surface area contributed by atoms with Crippen molar-refractivity contribution in [2.45, 2.75) is 0 Å². The molecule has 0 fully saturated rings. The number of para-hydroxylation sites is 2. The van der Waals surface area contributed by atoms with E-state index in [2.05, 4.69) is 33.5 Å². The molecule has 0 aliphatic heterocycles. The van der Waals surface area contributed by atoms with E-state index in [-0.39, 0.29) is 0 Å². The van der Waals surface area contributed by atoms with Gasteiger partial charge in [0, 0.05) is 0 Å². The third-order valence-corrected chi connectivity index (χ3v) is 3.42. The smallest absolute Gasteiger partial charge is 0.120 e. The van der Waals surface area contributed by atoms with Gasteiger partial charge in [0.05, 0.1) is 16.7 Å². The van der Waals surface area contributed by atoms with Crippen LogP contribution in [0.4, 0.5) is 5.69 Å². The first-order chi connectivity index (χ1) is 10.4. The van der Waals surface area contributed by atoms with Crippen LogP contribution in [0.3, 0.4) is 0 Å². The number of hydrogen-bond acceptors (Lipinski definition) is 3. The highest BCUT2D eigenvalue weighted by molar-refractivity contribution is 5.85. The Kier molecular flexibility index (Phi) is 2.71. The molecule has 0 radical (unpaired) electrons. The number of aromatic nitrogens is 2. The molecule has 0 aliphatic carbocycles. The highest BCUT2D eigenvalue weighted by Gasteiger charge is 2.00. The molecule has 4 aromatic rings. The zero-order chi connectivity index (χ0) is 14.1. The van der Waals surface area contributed by atoms with Gasteiger partial charge in [-0.25, -0.2) is 9.66 Å². The van der Waals surface area contributed by atoms with Crippen molar-refractivity contribution in [2.24, 2.45) is 10.3 Å². The molecule has 1 heterocycles. The van der Waals surface area contributed by atoms with Crippen molar-refractivity contribution in [3.63, 3.8) is 0 Å². The van der Waals surface area contributed by atoms with Gasteiger partial charge in [-0.1, -0.05) is 47.7 Å². The predicted molar refractivity (Wildman–Crippen MR) is 83.6 cm³/mol. The summed E-state index contributed by atoms with van der Waals surface area (Å²) in [6.07, 6.45) is 1.68. The molecule has 0 unspecified atom stereocenters. The third kappa shape index (κ3) is 2.17. The van der Waals surface area contributed by atoms with Gasteiger partial charge in [0.15, 0.2) is 0 Å². The minimum Gasteiger partial charge on any atom is -0.235 e. The van der Waals surface area contributed by atoms with Crippen LogP contribution in [0.15, 0.2) is 83.4 Å². The van der Waals surface area contributed by atoms with Gasteiger partial charge in [0.2, 0.25) is 0 Å². The van der Waals surface area contributed by atoms with Gasteiger partial charge >= 0.3 is 0 Å². The van der Waals surface area contributed by atoms with Crippen molar-refractivity contribution in [1.29, 1.82) is 0 Å². The van der Waals surface area contributed by atoms with Crippen molar-refractivity contribution in [2.75, 3.05) is 0 Å². The highest BCUT2D eigenvalue weighted by atomic mass is 15.5. The van der Waals surface area contributed by atoms with Crippen LogP contribution < -0.4 is 0 Å². The van der Waals surface area contributed by atoms with Crippen LogP contribution >= 0.6 is 0 Å². The summed E-state index contributed by atoms with van der Waals surface area (Å²) < 4.78 is 1.69. The Morgan fingerprint density at radius 2 is 1.62 bits per heavy atom. The molecule has 3 aromatic carbocycles. The van der Waals surface area contributed by atoms with E-state index in [4.69, 9.17) is 0 Å². The number of rotatable bonds is 2. The maximum absolute atomic E-state index is 4.30. The molecule has 0 aliphatic rings. The number of imidazole rings is 1. The lowest BCUT2D eigenvalue weighted by Crippen LogP contribution is -1.82. The van der Waals surface area contributed by atoms with Crippen LogP contribution in [0.5, 0.6) is 0 Å². The number of hydrogen-bond donors (Lipinski definition) is 0. The van der Waals surface area contributed by atoms with E-state index < -0.39 is 0 Å². The van der Waals surface area contributed by atoms with Crippen LogP contribution in [0.25, 0.3) is 21.8 Å². The maximum atomic E-state index is 4.30. The molecule has 0 N–H and O–H groups in total. The summed E-state index contributed by atoms with van der Waals surface area (Å²) in [6, 6.07) is 22.1. The summed E-state index contributed by atoms with van der Waals surface area (Å²) in [5, 5.41) is 10.9. The van der Waals surface area contributed by atoms with Crippen molar-refractivity contribution in [3.8, 4) is 0 Å². The zero-order valence-electron chi connectivity index (χ0n) is 11.2. The maximum Gasteiger partial charge on any atom is 0.120 e. The van der Waals surface area contributed by atoms with Gasteiger partial charge in [0.25, 0.3) is 0 Å². The Balaban J connectivity index is 1.73. The Hall–Kier alpha value is -3.01. The van der Waals surface area contributed by atoms with Crippen LogP contribution in [-0.4, -0.2) is 9.66 Å². The van der Waals surface area contributed by atoms with E-state index in [1.54, 1.807) is 11.0 Å². The fourth-order valence-electron chi connectivity index (χ4n) is 2.36. The molecule has 0 bridgehead atoms. The number of benzene rings is 3. The first-order valence-corrected chi connectivity index (χ1v) is 6.73. The van der Waals surface area contributed by atoms with Gasteiger partial charge in [-0.05, 0) is 35.0 Å². The van der Waals surface area contributed by atoms with Crippen LogP contribution in [0.1, 0.15) is 0 Å². The molecular formula is C17H12N4. The molecule has 0 saturated carbocycles. The normalized spacial score (nSPS) is 11.6. The molecule has 4 rings (SSSR count).